The van der Waals surface area contributed by atoms with E-state index < -0.39 is 0 Å². The topological polar surface area (TPSA) is 29.3 Å². The Labute approximate surface area is 113 Å². The summed E-state index contributed by atoms with van der Waals surface area (Å²) in [5.41, 5.74) is 6.10. The highest BCUT2D eigenvalue weighted by Crippen LogP contribution is 2.30. The predicted molar refractivity (Wildman–Crippen MR) is 78.6 cm³/mol. The Bertz CT molecular complexity index is 233. The van der Waals surface area contributed by atoms with Gasteiger partial charge in [0.25, 0.3) is 0 Å². The van der Waals surface area contributed by atoms with E-state index in [1.807, 2.05) is 0 Å². The minimum atomic E-state index is 0.480. The summed E-state index contributed by atoms with van der Waals surface area (Å²) in [6, 6.07) is 1.33. The molecule has 2 atom stereocenters. The van der Waals surface area contributed by atoms with Crippen LogP contribution in [-0.4, -0.2) is 30.6 Å². The van der Waals surface area contributed by atoms with Crippen molar-refractivity contribution in [1.29, 1.82) is 0 Å². The largest absolute Gasteiger partial charge is 0.328 e. The molecule has 2 aliphatic rings. The number of nitrogens with zero attached hydrogens (tertiary/aromatic N) is 1. The first-order valence-electron chi connectivity index (χ1n) is 8.14. The number of hydrogen-bond acceptors (Lipinski definition) is 2. The molecule has 0 heterocycles. The first-order chi connectivity index (χ1) is 8.69. The molecule has 0 amide bonds. The molecule has 2 saturated carbocycles. The Kier molecular flexibility index (Phi) is 5.50. The van der Waals surface area contributed by atoms with Gasteiger partial charge in [-0.05, 0) is 63.8 Å². The molecule has 2 nitrogen and oxygen atoms in total. The molecule has 0 aliphatic heterocycles. The van der Waals surface area contributed by atoms with Crippen LogP contribution in [0.1, 0.15) is 64.7 Å². The number of nitrogens with two attached hydrogens (primary N) is 1. The van der Waals surface area contributed by atoms with E-state index in [9.17, 15) is 0 Å². The van der Waals surface area contributed by atoms with E-state index in [1.54, 1.807) is 0 Å². The lowest BCUT2D eigenvalue weighted by molar-refractivity contribution is 0.129. The Morgan fingerprint density at radius 1 is 1.00 bits per heavy atom. The highest BCUT2D eigenvalue weighted by Gasteiger charge is 2.26. The zero-order valence-corrected chi connectivity index (χ0v) is 12.4. The van der Waals surface area contributed by atoms with Crippen molar-refractivity contribution in [2.75, 3.05) is 13.6 Å². The first kappa shape index (κ1) is 14.3. The van der Waals surface area contributed by atoms with E-state index in [1.165, 1.54) is 64.3 Å². The van der Waals surface area contributed by atoms with Gasteiger partial charge in [0.1, 0.15) is 0 Å². The molecule has 0 radical (unpaired) electrons. The minimum absolute atomic E-state index is 0.480. The molecule has 0 saturated heterocycles. The van der Waals surface area contributed by atoms with Gasteiger partial charge in [0.05, 0.1) is 0 Å². The van der Waals surface area contributed by atoms with Gasteiger partial charge >= 0.3 is 0 Å². The standard InChI is InChI=1S/C16H32N2/c1-3-13-7-9-16(10-8-13)18(2)12-14-5-4-6-15(17)11-14/h13-16H,3-12,17H2,1-2H3. The Morgan fingerprint density at radius 3 is 2.33 bits per heavy atom. The molecular formula is C16H32N2. The maximum atomic E-state index is 6.10. The fourth-order valence-corrected chi connectivity index (χ4v) is 4.05. The van der Waals surface area contributed by atoms with Crippen LogP contribution in [0.5, 0.6) is 0 Å². The van der Waals surface area contributed by atoms with Crippen molar-refractivity contribution in [3.63, 3.8) is 0 Å². The summed E-state index contributed by atoms with van der Waals surface area (Å²) in [6.45, 7) is 3.63. The van der Waals surface area contributed by atoms with Gasteiger partial charge in [-0.3, -0.25) is 0 Å². The average molecular weight is 252 g/mol. The maximum absolute atomic E-state index is 6.10. The second-order valence-corrected chi connectivity index (χ2v) is 6.82. The van der Waals surface area contributed by atoms with Crippen LogP contribution in [-0.2, 0) is 0 Å². The zero-order chi connectivity index (χ0) is 13.0. The summed E-state index contributed by atoms with van der Waals surface area (Å²) in [4.78, 5) is 2.65. The molecule has 0 aromatic heterocycles. The Hall–Kier alpha value is -0.0800. The van der Waals surface area contributed by atoms with Crippen LogP contribution in [0.25, 0.3) is 0 Å². The minimum Gasteiger partial charge on any atom is -0.328 e. The van der Waals surface area contributed by atoms with Crippen molar-refractivity contribution < 1.29 is 0 Å². The van der Waals surface area contributed by atoms with Crippen LogP contribution in [0, 0.1) is 11.8 Å². The lowest BCUT2D eigenvalue weighted by Gasteiger charge is -2.37. The highest BCUT2D eigenvalue weighted by atomic mass is 15.1. The van der Waals surface area contributed by atoms with E-state index in [2.05, 4.69) is 18.9 Å². The third-order valence-electron chi connectivity index (χ3n) is 5.39. The van der Waals surface area contributed by atoms with Crippen LogP contribution in [0.15, 0.2) is 0 Å². The SMILES string of the molecule is CCC1CCC(N(C)CC2CCCC(N)C2)CC1. The molecule has 106 valence electrons. The van der Waals surface area contributed by atoms with Gasteiger partial charge in [0.15, 0.2) is 0 Å². The third-order valence-corrected chi connectivity index (χ3v) is 5.39. The molecule has 2 fully saturated rings. The van der Waals surface area contributed by atoms with Crippen LogP contribution < -0.4 is 5.73 Å². The van der Waals surface area contributed by atoms with Gasteiger partial charge in [-0.1, -0.05) is 19.8 Å². The van der Waals surface area contributed by atoms with Crippen LogP contribution in [0.4, 0.5) is 0 Å². The van der Waals surface area contributed by atoms with Gasteiger partial charge in [-0.25, -0.2) is 0 Å². The fourth-order valence-electron chi connectivity index (χ4n) is 4.05. The zero-order valence-electron chi connectivity index (χ0n) is 12.4. The normalized spacial score (nSPS) is 38.0. The van der Waals surface area contributed by atoms with Gasteiger partial charge < -0.3 is 10.6 Å². The van der Waals surface area contributed by atoms with Crippen molar-refractivity contribution in [3.8, 4) is 0 Å². The van der Waals surface area contributed by atoms with E-state index >= 15 is 0 Å². The van der Waals surface area contributed by atoms with Gasteiger partial charge in [0, 0.05) is 18.6 Å². The summed E-state index contributed by atoms with van der Waals surface area (Å²) < 4.78 is 0. The molecular weight excluding hydrogens is 220 g/mol. The summed E-state index contributed by atoms with van der Waals surface area (Å²) in [7, 11) is 2.34. The second kappa shape index (κ2) is 6.91. The van der Waals surface area contributed by atoms with E-state index in [0.29, 0.717) is 6.04 Å². The smallest absolute Gasteiger partial charge is 0.00925 e. The van der Waals surface area contributed by atoms with E-state index in [-0.39, 0.29) is 0 Å². The molecule has 2 unspecified atom stereocenters. The lowest BCUT2D eigenvalue weighted by atomic mass is 9.82. The van der Waals surface area contributed by atoms with Crippen LogP contribution in [0.2, 0.25) is 0 Å². The summed E-state index contributed by atoms with van der Waals surface area (Å²) in [6.07, 6.45) is 12.4. The Morgan fingerprint density at radius 2 is 1.72 bits per heavy atom. The molecule has 0 spiro atoms. The average Bonchev–Trinajstić information content (AvgIpc) is 2.39. The summed E-state index contributed by atoms with van der Waals surface area (Å²) >= 11 is 0. The van der Waals surface area contributed by atoms with Gasteiger partial charge in [-0.15, -0.1) is 0 Å². The second-order valence-electron chi connectivity index (χ2n) is 6.82. The van der Waals surface area contributed by atoms with Crippen LogP contribution in [0.3, 0.4) is 0 Å². The Balaban J connectivity index is 1.72. The molecule has 0 aromatic carbocycles. The molecule has 2 heteroatoms. The molecule has 18 heavy (non-hydrogen) atoms. The third kappa shape index (κ3) is 3.96. The number of hydrogen-bond donors (Lipinski definition) is 1. The van der Waals surface area contributed by atoms with Crippen molar-refractivity contribution in [3.05, 3.63) is 0 Å². The first-order valence-corrected chi connectivity index (χ1v) is 8.14. The number of rotatable bonds is 4. The van der Waals surface area contributed by atoms with E-state index in [0.717, 1.165) is 17.9 Å². The predicted octanol–water partition coefficient (Wildman–Crippen LogP) is 3.40. The lowest BCUT2D eigenvalue weighted by Crippen LogP contribution is -2.40. The summed E-state index contributed by atoms with van der Waals surface area (Å²) in [5, 5.41) is 0. The molecule has 2 N–H and O–H groups in total. The molecule has 2 aliphatic carbocycles. The van der Waals surface area contributed by atoms with Crippen molar-refractivity contribution in [1.82, 2.24) is 4.90 Å². The quantitative estimate of drug-likeness (QED) is 0.831. The van der Waals surface area contributed by atoms with Crippen molar-refractivity contribution in [2.24, 2.45) is 17.6 Å². The maximum Gasteiger partial charge on any atom is 0.00925 e. The highest BCUT2D eigenvalue weighted by molar-refractivity contribution is 4.82. The molecule has 0 aromatic rings. The van der Waals surface area contributed by atoms with Gasteiger partial charge in [-0.2, -0.15) is 0 Å². The van der Waals surface area contributed by atoms with Crippen LogP contribution >= 0.6 is 0 Å². The fraction of sp³-hybridized carbons (Fsp3) is 1.00. The molecule has 2 rings (SSSR count). The van der Waals surface area contributed by atoms with E-state index in [4.69, 9.17) is 5.73 Å². The molecule has 0 bridgehead atoms. The summed E-state index contributed by atoms with van der Waals surface area (Å²) in [5.74, 6) is 1.88. The van der Waals surface area contributed by atoms with Crippen molar-refractivity contribution in [2.45, 2.75) is 76.8 Å². The van der Waals surface area contributed by atoms with Crippen molar-refractivity contribution >= 4 is 0 Å². The monoisotopic (exact) mass is 252 g/mol. The van der Waals surface area contributed by atoms with Gasteiger partial charge in [0.2, 0.25) is 0 Å².